The van der Waals surface area contributed by atoms with Gasteiger partial charge >= 0.3 is 0 Å². The van der Waals surface area contributed by atoms with Gasteiger partial charge < -0.3 is 0 Å². The van der Waals surface area contributed by atoms with Crippen molar-refractivity contribution in [2.24, 2.45) is 16.3 Å². The van der Waals surface area contributed by atoms with Gasteiger partial charge in [-0.3, -0.25) is 4.99 Å². The van der Waals surface area contributed by atoms with E-state index in [1.54, 1.807) is 11.8 Å². The third kappa shape index (κ3) is 3.44. The zero-order valence-electron chi connectivity index (χ0n) is 8.72. The molecule has 0 bridgehead atoms. The van der Waals surface area contributed by atoms with Gasteiger partial charge in [-0.2, -0.15) is 0 Å². The van der Waals surface area contributed by atoms with Crippen molar-refractivity contribution in [1.82, 2.24) is 0 Å². The topological polar surface area (TPSA) is 12.4 Å². The van der Waals surface area contributed by atoms with Crippen LogP contribution in [0.5, 0.6) is 0 Å². The van der Waals surface area contributed by atoms with Crippen LogP contribution >= 0.6 is 11.8 Å². The second kappa shape index (κ2) is 4.70. The molecule has 12 heavy (non-hydrogen) atoms. The maximum atomic E-state index is 4.03. The van der Waals surface area contributed by atoms with Crippen LogP contribution in [0.15, 0.2) is 16.1 Å². The minimum absolute atomic E-state index is 0.267. The SMILES string of the molecule is C=N/C(=C\SC)C(C)C(C)(C)C. The normalized spacial score (nSPS) is 15.9. The Morgan fingerprint density at radius 2 is 2.00 bits per heavy atom. The fourth-order valence-electron chi connectivity index (χ4n) is 0.841. The predicted octanol–water partition coefficient (Wildman–Crippen LogP) is 3.57. The molecule has 0 radical (unpaired) electrons. The Bertz CT molecular complexity index is 177. The average Bonchev–Trinajstić information content (AvgIpc) is 1.97. The second-order valence-electron chi connectivity index (χ2n) is 4.02. The van der Waals surface area contributed by atoms with E-state index in [1.165, 1.54) is 0 Å². The average molecular weight is 185 g/mol. The largest absolute Gasteiger partial charge is 0.268 e. The number of hydrogen-bond acceptors (Lipinski definition) is 2. The molecular weight excluding hydrogens is 166 g/mol. The van der Waals surface area contributed by atoms with Crippen molar-refractivity contribution in [1.29, 1.82) is 0 Å². The smallest absolute Gasteiger partial charge is 0.0492 e. The van der Waals surface area contributed by atoms with Crippen LogP contribution in [-0.2, 0) is 0 Å². The molecule has 0 aliphatic heterocycles. The van der Waals surface area contributed by atoms with Crippen LogP contribution in [0.25, 0.3) is 0 Å². The number of hydrogen-bond donors (Lipinski definition) is 0. The molecule has 0 aliphatic carbocycles. The van der Waals surface area contributed by atoms with E-state index in [1.807, 2.05) is 6.26 Å². The molecule has 0 aromatic carbocycles. The van der Waals surface area contributed by atoms with Crippen LogP contribution in [0, 0.1) is 11.3 Å². The lowest BCUT2D eigenvalue weighted by Crippen LogP contribution is -2.18. The second-order valence-corrected chi connectivity index (χ2v) is 4.73. The molecule has 2 heteroatoms. The van der Waals surface area contributed by atoms with Crippen LogP contribution < -0.4 is 0 Å². The summed E-state index contributed by atoms with van der Waals surface area (Å²) in [6, 6.07) is 0. The summed E-state index contributed by atoms with van der Waals surface area (Å²) in [4.78, 5) is 4.03. The summed E-state index contributed by atoms with van der Waals surface area (Å²) < 4.78 is 0. The zero-order valence-corrected chi connectivity index (χ0v) is 9.53. The maximum Gasteiger partial charge on any atom is 0.0492 e. The molecule has 0 saturated carbocycles. The molecular formula is C10H19NS. The van der Waals surface area contributed by atoms with E-state index in [2.05, 4.69) is 44.8 Å². The van der Waals surface area contributed by atoms with Crippen LogP contribution in [0.2, 0.25) is 0 Å². The highest BCUT2D eigenvalue weighted by Crippen LogP contribution is 2.32. The van der Waals surface area contributed by atoms with E-state index in [4.69, 9.17) is 0 Å². The van der Waals surface area contributed by atoms with Gasteiger partial charge in [0.05, 0.1) is 0 Å². The Hall–Kier alpha value is -0.240. The Kier molecular flexibility index (Phi) is 4.61. The highest BCUT2D eigenvalue weighted by Gasteiger charge is 2.22. The van der Waals surface area contributed by atoms with Gasteiger partial charge in [0.15, 0.2) is 0 Å². The van der Waals surface area contributed by atoms with Crippen molar-refractivity contribution in [3.63, 3.8) is 0 Å². The molecule has 1 unspecified atom stereocenters. The molecule has 0 rings (SSSR count). The van der Waals surface area contributed by atoms with Crippen LogP contribution in [0.3, 0.4) is 0 Å². The molecule has 0 fully saturated rings. The van der Waals surface area contributed by atoms with Crippen molar-refractivity contribution >= 4 is 18.5 Å². The summed E-state index contributed by atoms with van der Waals surface area (Å²) in [6.45, 7) is 12.4. The minimum Gasteiger partial charge on any atom is -0.268 e. The Morgan fingerprint density at radius 1 is 1.50 bits per heavy atom. The van der Waals surface area contributed by atoms with Crippen LogP contribution in [0.1, 0.15) is 27.7 Å². The molecule has 0 aliphatic rings. The number of rotatable bonds is 3. The molecule has 70 valence electrons. The zero-order chi connectivity index (χ0) is 9.78. The van der Waals surface area contributed by atoms with Crippen molar-refractivity contribution in [3.8, 4) is 0 Å². The van der Waals surface area contributed by atoms with Gasteiger partial charge in [-0.15, -0.1) is 11.8 Å². The summed E-state index contributed by atoms with van der Waals surface area (Å²) in [7, 11) is 0. The van der Waals surface area contributed by atoms with Gasteiger partial charge in [0.25, 0.3) is 0 Å². The summed E-state index contributed by atoms with van der Waals surface area (Å²) in [6.07, 6.45) is 2.04. The quantitative estimate of drug-likeness (QED) is 0.612. The van der Waals surface area contributed by atoms with Gasteiger partial charge in [-0.1, -0.05) is 27.7 Å². The molecule has 0 N–H and O–H groups in total. The van der Waals surface area contributed by atoms with Gasteiger partial charge in [-0.05, 0) is 23.8 Å². The monoisotopic (exact) mass is 185 g/mol. The minimum atomic E-state index is 0.267. The van der Waals surface area contributed by atoms with Gasteiger partial charge in [0, 0.05) is 11.6 Å². The Labute approximate surface area is 80.4 Å². The third-order valence-corrected chi connectivity index (χ3v) is 2.64. The van der Waals surface area contributed by atoms with E-state index >= 15 is 0 Å². The fraction of sp³-hybridized carbons (Fsp3) is 0.700. The predicted molar refractivity (Wildman–Crippen MR) is 59.8 cm³/mol. The first-order valence-corrected chi connectivity index (χ1v) is 5.42. The summed E-state index contributed by atoms with van der Waals surface area (Å²) >= 11 is 1.68. The van der Waals surface area contributed by atoms with E-state index in [0.717, 1.165) is 5.70 Å². The van der Waals surface area contributed by atoms with Crippen LogP contribution in [-0.4, -0.2) is 13.0 Å². The highest BCUT2D eigenvalue weighted by molar-refractivity contribution is 8.01. The number of aliphatic imine (C=N–C) groups is 1. The van der Waals surface area contributed by atoms with Gasteiger partial charge in [-0.25, -0.2) is 0 Å². The third-order valence-electron chi connectivity index (χ3n) is 2.16. The molecule has 0 saturated heterocycles. The van der Waals surface area contributed by atoms with Crippen molar-refractivity contribution in [2.45, 2.75) is 27.7 Å². The van der Waals surface area contributed by atoms with E-state index in [0.29, 0.717) is 5.92 Å². The standard InChI is InChI=1S/C10H19NS/c1-8(10(2,3)4)9(11-5)7-12-6/h7-8H,5H2,1-4,6H3/b9-7-. The van der Waals surface area contributed by atoms with Crippen molar-refractivity contribution in [3.05, 3.63) is 11.1 Å². The lowest BCUT2D eigenvalue weighted by Gasteiger charge is -2.27. The van der Waals surface area contributed by atoms with Gasteiger partial charge in [0.2, 0.25) is 0 Å². The molecule has 0 amide bonds. The van der Waals surface area contributed by atoms with E-state index in [-0.39, 0.29) is 5.41 Å². The number of nitrogens with zero attached hydrogens (tertiary/aromatic N) is 1. The maximum absolute atomic E-state index is 4.03. The van der Waals surface area contributed by atoms with Gasteiger partial charge in [0.1, 0.15) is 0 Å². The molecule has 1 nitrogen and oxygen atoms in total. The number of thioether (sulfide) groups is 1. The van der Waals surface area contributed by atoms with E-state index < -0.39 is 0 Å². The first-order valence-electron chi connectivity index (χ1n) is 4.13. The molecule has 0 spiro atoms. The lowest BCUT2D eigenvalue weighted by molar-refractivity contribution is 0.299. The summed E-state index contributed by atoms with van der Waals surface area (Å²) in [5.74, 6) is 0.461. The van der Waals surface area contributed by atoms with Crippen molar-refractivity contribution in [2.75, 3.05) is 6.26 Å². The molecule has 0 aromatic heterocycles. The summed E-state index contributed by atoms with van der Waals surface area (Å²) in [5, 5.41) is 2.07. The fourth-order valence-corrected chi connectivity index (χ4v) is 1.36. The Balaban J connectivity index is 4.53. The molecule has 0 heterocycles. The van der Waals surface area contributed by atoms with Crippen LogP contribution in [0.4, 0.5) is 0 Å². The first kappa shape index (κ1) is 11.8. The number of allylic oxidation sites excluding steroid dienone is 1. The first-order chi connectivity index (χ1) is 5.43. The Morgan fingerprint density at radius 3 is 2.25 bits per heavy atom. The van der Waals surface area contributed by atoms with Crippen molar-refractivity contribution < 1.29 is 0 Å². The molecule has 0 aromatic rings. The molecule has 1 atom stereocenters. The van der Waals surface area contributed by atoms with E-state index in [9.17, 15) is 0 Å². The lowest BCUT2D eigenvalue weighted by atomic mass is 9.80. The summed E-state index contributed by atoms with van der Waals surface area (Å²) in [5.41, 5.74) is 1.36. The highest BCUT2D eigenvalue weighted by atomic mass is 32.2.